The zero-order valence-electron chi connectivity index (χ0n) is 8.71. The first-order valence-corrected chi connectivity index (χ1v) is 6.07. The van der Waals surface area contributed by atoms with Crippen LogP contribution in [-0.4, -0.2) is 0 Å². The fourth-order valence-corrected chi connectivity index (χ4v) is 2.27. The third-order valence-corrected chi connectivity index (χ3v) is 3.46. The Morgan fingerprint density at radius 1 is 1.35 bits per heavy atom. The number of hydrogen-bond acceptors (Lipinski definition) is 3. The fourth-order valence-electron chi connectivity index (χ4n) is 1.36. The third-order valence-electron chi connectivity index (χ3n) is 2.18. The number of nitrogens with one attached hydrogen (secondary N) is 1. The van der Waals surface area contributed by atoms with Crippen LogP contribution in [0, 0.1) is 17.1 Å². The summed E-state index contributed by atoms with van der Waals surface area (Å²) in [5.74, 6) is -0.453. The van der Waals surface area contributed by atoms with Crippen LogP contribution in [0.5, 0.6) is 0 Å². The minimum absolute atomic E-state index is 0.0962. The number of anilines is 1. The monoisotopic (exact) mass is 266 g/mol. The Kier molecular flexibility index (Phi) is 3.62. The van der Waals surface area contributed by atoms with E-state index in [0.717, 1.165) is 4.88 Å². The van der Waals surface area contributed by atoms with Crippen LogP contribution in [0.3, 0.4) is 0 Å². The zero-order valence-corrected chi connectivity index (χ0v) is 10.3. The molecule has 0 fully saturated rings. The maximum absolute atomic E-state index is 13.5. The Morgan fingerprint density at radius 2 is 2.18 bits per heavy atom. The van der Waals surface area contributed by atoms with Crippen molar-refractivity contribution < 1.29 is 4.39 Å². The van der Waals surface area contributed by atoms with Gasteiger partial charge in [0.05, 0.1) is 10.7 Å². The van der Waals surface area contributed by atoms with Crippen LogP contribution in [0.1, 0.15) is 9.75 Å². The van der Waals surface area contributed by atoms with Gasteiger partial charge in [0.1, 0.15) is 10.9 Å². The van der Waals surface area contributed by atoms with E-state index >= 15 is 0 Å². The molecule has 0 bridgehead atoms. The van der Waals surface area contributed by atoms with Crippen LogP contribution in [-0.2, 0) is 6.54 Å². The molecule has 0 radical (unpaired) electrons. The molecule has 0 atom stereocenters. The van der Waals surface area contributed by atoms with Gasteiger partial charge in [-0.15, -0.1) is 11.3 Å². The van der Waals surface area contributed by atoms with Gasteiger partial charge in [-0.25, -0.2) is 4.39 Å². The highest BCUT2D eigenvalue weighted by molar-refractivity contribution is 7.12. The summed E-state index contributed by atoms with van der Waals surface area (Å²) in [4.78, 5) is 1.62. The van der Waals surface area contributed by atoms with Gasteiger partial charge in [0.15, 0.2) is 5.82 Å². The second-order valence-electron chi connectivity index (χ2n) is 3.33. The Morgan fingerprint density at radius 3 is 2.88 bits per heavy atom. The van der Waals surface area contributed by atoms with Crippen molar-refractivity contribution >= 4 is 28.6 Å². The Bertz CT molecular complexity index is 574. The zero-order chi connectivity index (χ0) is 12.3. The lowest BCUT2D eigenvalue weighted by molar-refractivity contribution is 0.630. The molecule has 0 amide bonds. The number of nitriles is 1. The minimum atomic E-state index is -0.453. The highest BCUT2D eigenvalue weighted by atomic mass is 35.5. The average Bonchev–Trinajstić information content (AvgIpc) is 2.79. The maximum atomic E-state index is 13.5. The lowest BCUT2D eigenvalue weighted by Gasteiger charge is -2.06. The van der Waals surface area contributed by atoms with E-state index in [9.17, 15) is 4.39 Å². The quantitative estimate of drug-likeness (QED) is 0.911. The molecule has 0 aliphatic heterocycles. The van der Waals surface area contributed by atoms with E-state index < -0.39 is 5.82 Å². The summed E-state index contributed by atoms with van der Waals surface area (Å²) >= 11 is 7.05. The van der Waals surface area contributed by atoms with E-state index in [1.165, 1.54) is 17.4 Å². The Hall–Kier alpha value is -1.57. The summed E-state index contributed by atoms with van der Waals surface area (Å²) in [7, 11) is 0. The highest BCUT2D eigenvalue weighted by Crippen LogP contribution is 2.23. The Balaban J connectivity index is 2.07. The van der Waals surface area contributed by atoms with Crippen molar-refractivity contribution in [1.29, 1.82) is 5.26 Å². The molecule has 2 nitrogen and oxygen atoms in total. The molecule has 0 aliphatic carbocycles. The molecular weight excluding hydrogens is 259 g/mol. The molecule has 86 valence electrons. The smallest absolute Gasteiger partial charge is 0.164 e. The molecule has 0 aliphatic rings. The summed E-state index contributed by atoms with van der Waals surface area (Å²) in [6, 6.07) is 10.5. The van der Waals surface area contributed by atoms with Crippen molar-refractivity contribution in [2.75, 3.05) is 5.32 Å². The van der Waals surface area contributed by atoms with Crippen molar-refractivity contribution in [2.24, 2.45) is 0 Å². The fraction of sp³-hybridized carbons (Fsp3) is 0.0833. The van der Waals surface area contributed by atoms with Crippen LogP contribution in [0.2, 0.25) is 5.02 Å². The molecule has 2 aromatic rings. The van der Waals surface area contributed by atoms with E-state index in [2.05, 4.69) is 11.4 Å². The van der Waals surface area contributed by atoms with Crippen LogP contribution in [0.25, 0.3) is 0 Å². The topological polar surface area (TPSA) is 35.8 Å². The first-order valence-electron chi connectivity index (χ1n) is 4.87. The summed E-state index contributed by atoms with van der Waals surface area (Å²) in [6.45, 7) is 0.476. The van der Waals surface area contributed by atoms with Crippen LogP contribution >= 0.6 is 22.9 Å². The molecule has 0 saturated carbocycles. The number of nitrogens with zero attached hydrogens (tertiary/aromatic N) is 1. The standard InChI is InChI=1S/C12H8ClFN2S/c13-10-2-1-3-11(12(10)14)16-7-9-5-4-8(6-15)17-9/h1-5,16H,7H2. The molecule has 1 aromatic carbocycles. The average molecular weight is 267 g/mol. The lowest BCUT2D eigenvalue weighted by atomic mass is 10.3. The molecule has 0 unspecified atom stereocenters. The van der Waals surface area contributed by atoms with Crippen molar-refractivity contribution in [2.45, 2.75) is 6.54 Å². The number of hydrogen-bond donors (Lipinski definition) is 1. The molecular formula is C12H8ClFN2S. The van der Waals surface area contributed by atoms with Crippen molar-refractivity contribution in [1.82, 2.24) is 0 Å². The molecule has 1 N–H and O–H groups in total. The predicted octanol–water partition coefficient (Wildman–Crippen LogP) is 4.02. The highest BCUT2D eigenvalue weighted by Gasteiger charge is 2.06. The van der Waals surface area contributed by atoms with E-state index in [4.69, 9.17) is 16.9 Å². The van der Waals surface area contributed by atoms with Gasteiger partial charge >= 0.3 is 0 Å². The van der Waals surface area contributed by atoms with E-state index in [-0.39, 0.29) is 5.02 Å². The summed E-state index contributed by atoms with van der Waals surface area (Å²) in [5, 5.41) is 11.7. The summed E-state index contributed by atoms with van der Waals surface area (Å²) in [5.41, 5.74) is 0.365. The van der Waals surface area contributed by atoms with Gasteiger partial charge in [0.25, 0.3) is 0 Å². The molecule has 2 rings (SSSR count). The van der Waals surface area contributed by atoms with Gasteiger partial charge in [-0.3, -0.25) is 0 Å². The van der Waals surface area contributed by atoms with Crippen LogP contribution in [0.4, 0.5) is 10.1 Å². The van der Waals surface area contributed by atoms with Gasteiger partial charge in [0, 0.05) is 11.4 Å². The molecule has 0 spiro atoms. The van der Waals surface area contributed by atoms with E-state index in [1.807, 2.05) is 6.07 Å². The number of benzene rings is 1. The van der Waals surface area contributed by atoms with Gasteiger partial charge in [-0.2, -0.15) is 5.26 Å². The van der Waals surface area contributed by atoms with E-state index in [1.54, 1.807) is 18.2 Å². The van der Waals surface area contributed by atoms with Crippen molar-refractivity contribution in [3.63, 3.8) is 0 Å². The lowest BCUT2D eigenvalue weighted by Crippen LogP contribution is -1.99. The second kappa shape index (κ2) is 5.17. The molecule has 0 saturated heterocycles. The molecule has 1 heterocycles. The Labute approximate surface area is 107 Å². The van der Waals surface area contributed by atoms with Gasteiger partial charge < -0.3 is 5.32 Å². The first-order chi connectivity index (χ1) is 8.20. The first kappa shape index (κ1) is 11.9. The van der Waals surface area contributed by atoms with Crippen molar-refractivity contribution in [3.8, 4) is 6.07 Å². The number of rotatable bonds is 3. The van der Waals surface area contributed by atoms with Gasteiger partial charge in [0.2, 0.25) is 0 Å². The van der Waals surface area contributed by atoms with Crippen LogP contribution in [0.15, 0.2) is 30.3 Å². The summed E-state index contributed by atoms with van der Waals surface area (Å²) in [6.07, 6.45) is 0. The van der Waals surface area contributed by atoms with Crippen LogP contribution < -0.4 is 5.32 Å². The predicted molar refractivity (Wildman–Crippen MR) is 67.8 cm³/mol. The molecule has 1 aromatic heterocycles. The maximum Gasteiger partial charge on any atom is 0.164 e. The van der Waals surface area contributed by atoms with Gasteiger partial charge in [-0.1, -0.05) is 17.7 Å². The number of halogens is 2. The third kappa shape index (κ3) is 2.76. The normalized spacial score (nSPS) is 9.94. The van der Waals surface area contributed by atoms with Crippen molar-refractivity contribution in [3.05, 3.63) is 50.9 Å². The van der Waals surface area contributed by atoms with Gasteiger partial charge in [-0.05, 0) is 24.3 Å². The van der Waals surface area contributed by atoms with E-state index in [0.29, 0.717) is 17.1 Å². The molecule has 5 heteroatoms. The SMILES string of the molecule is N#Cc1ccc(CNc2cccc(Cl)c2F)s1. The summed E-state index contributed by atoms with van der Waals surface area (Å²) < 4.78 is 13.5. The molecule has 17 heavy (non-hydrogen) atoms. The minimum Gasteiger partial charge on any atom is -0.378 e. The second-order valence-corrected chi connectivity index (χ2v) is 4.91. The number of thiophene rings is 1. The largest absolute Gasteiger partial charge is 0.378 e.